The van der Waals surface area contributed by atoms with Gasteiger partial charge in [0.05, 0.1) is 11.4 Å². The van der Waals surface area contributed by atoms with E-state index < -0.39 is 15.9 Å². The van der Waals surface area contributed by atoms with Crippen LogP contribution in [-0.4, -0.2) is 36.4 Å². The zero-order valence-electron chi connectivity index (χ0n) is 14.8. The zero-order chi connectivity index (χ0) is 19.0. The fourth-order valence-electron chi connectivity index (χ4n) is 2.99. The summed E-state index contributed by atoms with van der Waals surface area (Å²) in [6.07, 6.45) is 1.51. The molecule has 0 aliphatic heterocycles. The first-order valence-electron chi connectivity index (χ1n) is 8.67. The molecule has 1 saturated carbocycles. The molecule has 8 heteroatoms. The number of hydrogen-bond acceptors (Lipinski definition) is 5. The Balaban J connectivity index is 1.59. The zero-order valence-corrected chi connectivity index (χ0v) is 15.6. The first kappa shape index (κ1) is 17.7. The Morgan fingerprint density at radius 1 is 1.19 bits per heavy atom. The van der Waals surface area contributed by atoms with Crippen LogP contribution in [0.1, 0.15) is 18.6 Å². The van der Waals surface area contributed by atoms with E-state index >= 15 is 0 Å². The summed E-state index contributed by atoms with van der Waals surface area (Å²) in [6.45, 7) is 1.45. The van der Waals surface area contributed by atoms with Crippen LogP contribution < -0.4 is 5.32 Å². The van der Waals surface area contributed by atoms with E-state index in [0.29, 0.717) is 5.76 Å². The van der Waals surface area contributed by atoms with E-state index in [9.17, 15) is 13.2 Å². The Morgan fingerprint density at radius 2 is 1.93 bits per heavy atom. The van der Waals surface area contributed by atoms with Crippen LogP contribution in [0, 0.1) is 6.92 Å². The number of amides is 1. The lowest BCUT2D eigenvalue weighted by Gasteiger charge is -2.21. The highest BCUT2D eigenvalue weighted by atomic mass is 32.2. The summed E-state index contributed by atoms with van der Waals surface area (Å²) in [7, 11) is -3.78. The molecule has 0 spiro atoms. The molecule has 7 nitrogen and oxygen atoms in total. The quantitative estimate of drug-likeness (QED) is 0.704. The maximum absolute atomic E-state index is 13.2. The van der Waals surface area contributed by atoms with Crippen LogP contribution in [0.5, 0.6) is 0 Å². The lowest BCUT2D eigenvalue weighted by molar-refractivity contribution is -0.116. The maximum Gasteiger partial charge on any atom is 0.243 e. The molecule has 1 N–H and O–H groups in total. The molecule has 0 saturated heterocycles. The Hall–Kier alpha value is -2.71. The first-order chi connectivity index (χ1) is 12.9. The van der Waals surface area contributed by atoms with Crippen LogP contribution in [0.2, 0.25) is 0 Å². The van der Waals surface area contributed by atoms with Gasteiger partial charge < -0.3 is 9.84 Å². The Kier molecular flexibility index (Phi) is 4.45. The molecule has 2 aromatic carbocycles. The van der Waals surface area contributed by atoms with Gasteiger partial charge in [-0.05, 0) is 42.7 Å². The van der Waals surface area contributed by atoms with Gasteiger partial charge in [0.25, 0.3) is 0 Å². The molecular formula is C19H19N3O4S. The monoisotopic (exact) mass is 385 g/mol. The normalized spacial score (nSPS) is 14.6. The summed E-state index contributed by atoms with van der Waals surface area (Å²) in [5.74, 6) is 0.393. The Bertz CT molecular complexity index is 1100. The second-order valence-corrected chi connectivity index (χ2v) is 8.55. The minimum Gasteiger partial charge on any atom is -0.360 e. The standard InChI is InChI=1S/C19H19N3O4S/c1-13-10-18(21-26-13)20-19(23)12-22(16-7-8-16)27(24,25)17-9-6-14-4-2-3-5-15(14)11-17/h2-6,9-11,16H,7-8,12H2,1H3,(H,20,21,23). The second kappa shape index (κ2) is 6.79. The molecule has 1 aliphatic carbocycles. The van der Waals surface area contributed by atoms with Gasteiger partial charge in [-0.25, -0.2) is 8.42 Å². The largest absolute Gasteiger partial charge is 0.360 e. The summed E-state index contributed by atoms with van der Waals surface area (Å²) < 4.78 is 32.5. The molecule has 0 radical (unpaired) electrons. The molecule has 1 heterocycles. The number of aryl methyl sites for hydroxylation is 1. The van der Waals surface area contributed by atoms with Crippen molar-refractivity contribution in [2.24, 2.45) is 0 Å². The molecule has 27 heavy (non-hydrogen) atoms. The third kappa shape index (κ3) is 3.72. The molecule has 1 amide bonds. The van der Waals surface area contributed by atoms with E-state index in [1.54, 1.807) is 31.2 Å². The Labute approximate surface area is 157 Å². The number of anilines is 1. The van der Waals surface area contributed by atoms with Crippen molar-refractivity contribution < 1.29 is 17.7 Å². The van der Waals surface area contributed by atoms with E-state index in [2.05, 4.69) is 10.5 Å². The number of fused-ring (bicyclic) bond motifs is 1. The van der Waals surface area contributed by atoms with Crippen LogP contribution >= 0.6 is 0 Å². The fraction of sp³-hybridized carbons (Fsp3) is 0.263. The van der Waals surface area contributed by atoms with E-state index in [0.717, 1.165) is 23.6 Å². The predicted molar refractivity (Wildman–Crippen MR) is 101 cm³/mol. The molecule has 3 aromatic rings. The lowest BCUT2D eigenvalue weighted by atomic mass is 10.1. The lowest BCUT2D eigenvalue weighted by Crippen LogP contribution is -2.39. The molecule has 1 fully saturated rings. The van der Waals surface area contributed by atoms with Gasteiger partial charge in [0, 0.05) is 12.1 Å². The summed E-state index contributed by atoms with van der Waals surface area (Å²) in [5.41, 5.74) is 0. The SMILES string of the molecule is Cc1cc(NC(=O)CN(C2CC2)S(=O)(=O)c2ccc3ccccc3c2)no1. The van der Waals surface area contributed by atoms with Crippen molar-refractivity contribution in [2.45, 2.75) is 30.7 Å². The van der Waals surface area contributed by atoms with Crippen LogP contribution in [0.15, 0.2) is 57.9 Å². The third-order valence-corrected chi connectivity index (χ3v) is 6.37. The Morgan fingerprint density at radius 3 is 2.59 bits per heavy atom. The highest BCUT2D eigenvalue weighted by molar-refractivity contribution is 7.89. The van der Waals surface area contributed by atoms with Crippen molar-refractivity contribution in [3.63, 3.8) is 0 Å². The molecule has 1 aromatic heterocycles. The van der Waals surface area contributed by atoms with Gasteiger partial charge in [-0.1, -0.05) is 35.5 Å². The second-order valence-electron chi connectivity index (χ2n) is 6.66. The molecule has 0 unspecified atom stereocenters. The molecule has 4 rings (SSSR count). The van der Waals surface area contributed by atoms with Gasteiger partial charge in [0.2, 0.25) is 15.9 Å². The number of hydrogen-bond donors (Lipinski definition) is 1. The number of carbonyl (C=O) groups excluding carboxylic acids is 1. The third-order valence-electron chi connectivity index (χ3n) is 4.48. The van der Waals surface area contributed by atoms with Crippen LogP contribution in [-0.2, 0) is 14.8 Å². The average molecular weight is 385 g/mol. The highest BCUT2D eigenvalue weighted by Crippen LogP contribution is 2.32. The summed E-state index contributed by atoms with van der Waals surface area (Å²) >= 11 is 0. The highest BCUT2D eigenvalue weighted by Gasteiger charge is 2.39. The van der Waals surface area contributed by atoms with E-state index in [4.69, 9.17) is 4.52 Å². The number of rotatable bonds is 6. The number of sulfonamides is 1. The van der Waals surface area contributed by atoms with E-state index in [-0.39, 0.29) is 23.3 Å². The minimum atomic E-state index is -3.78. The van der Waals surface area contributed by atoms with Crippen LogP contribution in [0.3, 0.4) is 0 Å². The van der Waals surface area contributed by atoms with Crippen molar-refractivity contribution in [3.8, 4) is 0 Å². The average Bonchev–Trinajstić information content (AvgIpc) is 3.41. The molecule has 1 aliphatic rings. The smallest absolute Gasteiger partial charge is 0.243 e. The van der Waals surface area contributed by atoms with Gasteiger partial charge in [-0.15, -0.1) is 0 Å². The van der Waals surface area contributed by atoms with Gasteiger partial charge in [-0.3, -0.25) is 4.79 Å². The van der Waals surface area contributed by atoms with Gasteiger partial charge >= 0.3 is 0 Å². The van der Waals surface area contributed by atoms with Crippen LogP contribution in [0.4, 0.5) is 5.82 Å². The first-order valence-corrected chi connectivity index (χ1v) is 10.1. The summed E-state index contributed by atoms with van der Waals surface area (Å²) in [6, 6.07) is 14.0. The van der Waals surface area contributed by atoms with Crippen molar-refractivity contribution in [3.05, 3.63) is 54.3 Å². The van der Waals surface area contributed by atoms with Crippen molar-refractivity contribution in [2.75, 3.05) is 11.9 Å². The summed E-state index contributed by atoms with van der Waals surface area (Å²) in [4.78, 5) is 12.5. The molecule has 0 atom stereocenters. The number of carbonyl (C=O) groups is 1. The topological polar surface area (TPSA) is 92.5 Å². The number of benzene rings is 2. The van der Waals surface area contributed by atoms with Crippen molar-refractivity contribution in [1.82, 2.24) is 9.46 Å². The summed E-state index contributed by atoms with van der Waals surface area (Å²) in [5, 5.41) is 8.09. The van der Waals surface area contributed by atoms with Gasteiger partial charge in [-0.2, -0.15) is 4.31 Å². The number of aromatic nitrogens is 1. The number of nitrogens with zero attached hydrogens (tertiary/aromatic N) is 2. The molecule has 140 valence electrons. The van der Waals surface area contributed by atoms with E-state index in [1.807, 2.05) is 24.3 Å². The van der Waals surface area contributed by atoms with Gasteiger partial charge in [0.1, 0.15) is 5.76 Å². The maximum atomic E-state index is 13.2. The van der Waals surface area contributed by atoms with E-state index in [1.165, 1.54) is 4.31 Å². The molecule has 0 bridgehead atoms. The van der Waals surface area contributed by atoms with Crippen molar-refractivity contribution in [1.29, 1.82) is 0 Å². The minimum absolute atomic E-state index is 0.147. The number of nitrogens with one attached hydrogen (secondary N) is 1. The van der Waals surface area contributed by atoms with Crippen molar-refractivity contribution >= 4 is 32.5 Å². The molecular weight excluding hydrogens is 366 g/mol. The van der Waals surface area contributed by atoms with Crippen LogP contribution in [0.25, 0.3) is 10.8 Å². The fourth-order valence-corrected chi connectivity index (χ4v) is 4.66. The van der Waals surface area contributed by atoms with Gasteiger partial charge in [0.15, 0.2) is 5.82 Å². The predicted octanol–water partition coefficient (Wildman–Crippen LogP) is 2.93.